The van der Waals surface area contributed by atoms with Gasteiger partial charge < -0.3 is 19.5 Å². The van der Waals surface area contributed by atoms with Gasteiger partial charge >= 0.3 is 5.97 Å². The first-order chi connectivity index (χ1) is 10.1. The number of carbonyl (C=O) groups is 2. The molecule has 0 saturated carbocycles. The summed E-state index contributed by atoms with van der Waals surface area (Å²) >= 11 is 0. The Kier molecular flexibility index (Phi) is 3.55. The normalized spacial score (nSPS) is 27.3. The van der Waals surface area contributed by atoms with E-state index in [1.165, 1.54) is 12.0 Å². The van der Waals surface area contributed by atoms with Crippen LogP contribution in [0.1, 0.15) is 12.0 Å². The van der Waals surface area contributed by atoms with Gasteiger partial charge in [0, 0.05) is 26.5 Å². The molecule has 21 heavy (non-hydrogen) atoms. The summed E-state index contributed by atoms with van der Waals surface area (Å²) in [6.45, 7) is 0.294. The Hall–Kier alpha value is -2.08. The third kappa shape index (κ3) is 2.47. The van der Waals surface area contributed by atoms with Crippen LogP contribution < -0.4 is 4.74 Å². The zero-order chi connectivity index (χ0) is 15.0. The molecule has 1 aromatic rings. The van der Waals surface area contributed by atoms with Gasteiger partial charge in [-0.3, -0.25) is 4.79 Å². The molecule has 1 fully saturated rings. The number of carbonyl (C=O) groups excluding carboxylic acids is 1. The van der Waals surface area contributed by atoms with Gasteiger partial charge in [0.1, 0.15) is 11.8 Å². The van der Waals surface area contributed by atoms with Crippen molar-refractivity contribution in [2.45, 2.75) is 31.1 Å². The molecule has 0 aromatic heterocycles. The molecule has 3 unspecified atom stereocenters. The lowest BCUT2D eigenvalue weighted by atomic mass is 10.1. The van der Waals surface area contributed by atoms with Crippen molar-refractivity contribution in [1.29, 1.82) is 0 Å². The second-order valence-corrected chi connectivity index (χ2v) is 5.36. The number of amides is 1. The number of carboxylic acid groups (broad SMARTS) is 1. The molecule has 0 aliphatic carbocycles. The Balaban J connectivity index is 1.75. The van der Waals surface area contributed by atoms with Gasteiger partial charge in [-0.2, -0.15) is 0 Å². The molecular weight excluding hydrogens is 274 g/mol. The first kappa shape index (κ1) is 13.9. The zero-order valence-corrected chi connectivity index (χ0v) is 11.7. The van der Waals surface area contributed by atoms with Gasteiger partial charge in [0.15, 0.2) is 6.10 Å². The molecule has 6 heteroatoms. The van der Waals surface area contributed by atoms with Gasteiger partial charge in [-0.15, -0.1) is 0 Å². The second kappa shape index (κ2) is 5.37. The number of methoxy groups -OCH3 is 1. The Bertz CT molecular complexity index is 548. The molecule has 2 heterocycles. The van der Waals surface area contributed by atoms with Crippen molar-refractivity contribution in [2.75, 3.05) is 13.7 Å². The predicted octanol–water partition coefficient (Wildman–Crippen LogP) is 0.691. The molecule has 1 aromatic carbocycles. The number of nitrogens with zero attached hydrogens (tertiary/aromatic N) is 1. The van der Waals surface area contributed by atoms with E-state index in [1.54, 1.807) is 0 Å². The summed E-state index contributed by atoms with van der Waals surface area (Å²) in [4.78, 5) is 25.3. The summed E-state index contributed by atoms with van der Waals surface area (Å²) in [6, 6.07) is 6.64. The van der Waals surface area contributed by atoms with Crippen molar-refractivity contribution in [3.63, 3.8) is 0 Å². The van der Waals surface area contributed by atoms with Gasteiger partial charge in [0.05, 0.1) is 6.10 Å². The summed E-state index contributed by atoms with van der Waals surface area (Å²) in [5.41, 5.74) is 0.977. The summed E-state index contributed by atoms with van der Waals surface area (Å²) in [6.07, 6.45) is -0.0779. The van der Waals surface area contributed by atoms with Gasteiger partial charge in [0.25, 0.3) is 5.91 Å². The Labute approximate surface area is 122 Å². The Morgan fingerprint density at radius 2 is 2.14 bits per heavy atom. The van der Waals surface area contributed by atoms with Crippen molar-refractivity contribution < 1.29 is 24.2 Å². The fraction of sp³-hybridized carbons (Fsp3) is 0.467. The molecule has 3 rings (SSSR count). The molecule has 0 radical (unpaired) electrons. The number of ether oxygens (including phenoxy) is 2. The monoisotopic (exact) mass is 291 g/mol. The topological polar surface area (TPSA) is 76.1 Å². The first-order valence-corrected chi connectivity index (χ1v) is 6.90. The highest BCUT2D eigenvalue weighted by Gasteiger charge is 2.43. The first-order valence-electron chi connectivity index (χ1n) is 6.90. The summed E-state index contributed by atoms with van der Waals surface area (Å²) in [5.74, 6) is -0.582. The number of hydrogen-bond acceptors (Lipinski definition) is 4. The maximum atomic E-state index is 12.6. The van der Waals surface area contributed by atoms with Gasteiger partial charge in [0.2, 0.25) is 0 Å². The Morgan fingerprint density at radius 3 is 2.81 bits per heavy atom. The summed E-state index contributed by atoms with van der Waals surface area (Å²) < 4.78 is 10.9. The highest BCUT2D eigenvalue weighted by Crippen LogP contribution is 2.30. The molecule has 0 bridgehead atoms. The van der Waals surface area contributed by atoms with Crippen molar-refractivity contribution in [2.24, 2.45) is 0 Å². The number of aliphatic carboxylic acids is 1. The van der Waals surface area contributed by atoms with E-state index in [4.69, 9.17) is 9.47 Å². The highest BCUT2D eigenvalue weighted by molar-refractivity contribution is 5.88. The largest absolute Gasteiger partial charge is 0.480 e. The van der Waals surface area contributed by atoms with E-state index in [-0.39, 0.29) is 12.0 Å². The molecule has 2 aliphatic heterocycles. The zero-order valence-electron chi connectivity index (χ0n) is 11.7. The molecule has 0 spiro atoms. The molecule has 2 aliphatic rings. The molecule has 1 amide bonds. The van der Waals surface area contributed by atoms with E-state index in [1.807, 2.05) is 24.3 Å². The summed E-state index contributed by atoms with van der Waals surface area (Å²) in [7, 11) is 1.53. The van der Waals surface area contributed by atoms with Crippen LogP contribution in [0.5, 0.6) is 5.75 Å². The van der Waals surface area contributed by atoms with Crippen molar-refractivity contribution in [3.8, 4) is 5.75 Å². The Morgan fingerprint density at radius 1 is 1.38 bits per heavy atom. The lowest BCUT2D eigenvalue weighted by molar-refractivity contribution is -0.150. The quantitative estimate of drug-likeness (QED) is 0.886. The van der Waals surface area contributed by atoms with E-state index < -0.39 is 18.1 Å². The third-order valence-electron chi connectivity index (χ3n) is 4.09. The van der Waals surface area contributed by atoms with Crippen LogP contribution in [-0.4, -0.2) is 53.8 Å². The number of carboxylic acids is 1. The SMILES string of the molecule is COC1CC(C(=O)O)N(C(=O)C2Cc3ccccc3O2)C1. The van der Waals surface area contributed by atoms with E-state index in [2.05, 4.69) is 0 Å². The van der Waals surface area contributed by atoms with Gasteiger partial charge in [-0.1, -0.05) is 18.2 Å². The maximum Gasteiger partial charge on any atom is 0.326 e. The standard InChI is InChI=1S/C15H17NO5/c1-20-10-7-11(15(18)19)16(8-10)14(17)13-6-9-4-2-3-5-12(9)21-13/h2-5,10-11,13H,6-8H2,1H3,(H,18,19). The van der Waals surface area contributed by atoms with Crippen LogP contribution in [-0.2, 0) is 20.7 Å². The molecule has 6 nitrogen and oxygen atoms in total. The average Bonchev–Trinajstić information content (AvgIpc) is 3.10. The van der Waals surface area contributed by atoms with Crippen LogP contribution in [0.2, 0.25) is 0 Å². The van der Waals surface area contributed by atoms with E-state index >= 15 is 0 Å². The smallest absolute Gasteiger partial charge is 0.326 e. The molecular formula is C15H17NO5. The minimum absolute atomic E-state index is 0.237. The molecule has 1 N–H and O–H groups in total. The lowest BCUT2D eigenvalue weighted by Gasteiger charge is -2.24. The van der Waals surface area contributed by atoms with Crippen molar-refractivity contribution >= 4 is 11.9 Å². The molecule has 3 atom stereocenters. The van der Waals surface area contributed by atoms with Crippen LogP contribution in [0, 0.1) is 0 Å². The minimum atomic E-state index is -1.00. The van der Waals surface area contributed by atoms with Gasteiger partial charge in [-0.25, -0.2) is 4.79 Å². The van der Waals surface area contributed by atoms with Crippen LogP contribution in [0.3, 0.4) is 0 Å². The van der Waals surface area contributed by atoms with E-state index in [0.717, 1.165) is 5.56 Å². The van der Waals surface area contributed by atoms with Crippen LogP contribution in [0.25, 0.3) is 0 Å². The number of benzene rings is 1. The van der Waals surface area contributed by atoms with E-state index in [0.29, 0.717) is 25.1 Å². The highest BCUT2D eigenvalue weighted by atomic mass is 16.5. The van der Waals surface area contributed by atoms with Crippen molar-refractivity contribution in [1.82, 2.24) is 4.90 Å². The van der Waals surface area contributed by atoms with Gasteiger partial charge in [-0.05, 0) is 11.6 Å². The van der Waals surface area contributed by atoms with Crippen LogP contribution in [0.4, 0.5) is 0 Å². The number of fused-ring (bicyclic) bond motifs is 1. The minimum Gasteiger partial charge on any atom is -0.480 e. The lowest BCUT2D eigenvalue weighted by Crippen LogP contribution is -2.47. The fourth-order valence-corrected chi connectivity index (χ4v) is 2.95. The molecule has 1 saturated heterocycles. The average molecular weight is 291 g/mol. The second-order valence-electron chi connectivity index (χ2n) is 5.36. The maximum absolute atomic E-state index is 12.6. The number of hydrogen-bond donors (Lipinski definition) is 1. The van der Waals surface area contributed by atoms with Crippen LogP contribution in [0.15, 0.2) is 24.3 Å². The van der Waals surface area contributed by atoms with Crippen molar-refractivity contribution in [3.05, 3.63) is 29.8 Å². The number of para-hydroxylation sites is 1. The predicted molar refractivity (Wildman–Crippen MR) is 73.1 cm³/mol. The molecule has 112 valence electrons. The fourth-order valence-electron chi connectivity index (χ4n) is 2.95. The third-order valence-corrected chi connectivity index (χ3v) is 4.09. The van der Waals surface area contributed by atoms with E-state index in [9.17, 15) is 14.7 Å². The summed E-state index contributed by atoms with van der Waals surface area (Å²) in [5, 5.41) is 9.27. The number of likely N-dealkylation sites (tertiary alicyclic amines) is 1. The van der Waals surface area contributed by atoms with Crippen LogP contribution >= 0.6 is 0 Å². The number of rotatable bonds is 3.